The summed E-state index contributed by atoms with van der Waals surface area (Å²) in [5, 5.41) is 2.93. The van der Waals surface area contributed by atoms with Gasteiger partial charge in [-0.3, -0.25) is 4.79 Å². The Morgan fingerprint density at radius 3 is 2.64 bits per heavy atom. The van der Waals surface area contributed by atoms with E-state index < -0.39 is 0 Å². The number of hydrogen-bond acceptors (Lipinski definition) is 7. The lowest BCUT2D eigenvalue weighted by atomic mass is 10.1. The number of methoxy groups -OCH3 is 2. The Morgan fingerprint density at radius 2 is 1.89 bits per heavy atom. The number of thioether (sulfide) groups is 1. The van der Waals surface area contributed by atoms with Crippen molar-refractivity contribution >= 4 is 29.2 Å². The van der Waals surface area contributed by atoms with Crippen LogP contribution in [0, 0.1) is 0 Å². The number of hydrogen-bond donors (Lipinski definition) is 1. The summed E-state index contributed by atoms with van der Waals surface area (Å²) in [6.07, 6.45) is 0.716. The van der Waals surface area contributed by atoms with E-state index in [1.807, 2.05) is 48.5 Å². The molecule has 28 heavy (non-hydrogen) atoms. The molecule has 3 rings (SSSR count). The smallest absolute Gasteiger partial charge is 0.230 e. The SMILES string of the molecule is COc1ccc(CCNC(=O)CSc2nc(-c3ccccc3)ns2)cc1OC. The zero-order chi connectivity index (χ0) is 19.8. The molecule has 6 nitrogen and oxygen atoms in total. The molecular weight excluding hydrogens is 394 g/mol. The Bertz CT molecular complexity index is 916. The van der Waals surface area contributed by atoms with Gasteiger partial charge in [0, 0.05) is 12.1 Å². The standard InChI is InChI=1S/C20H21N3O3S2/c1-25-16-9-8-14(12-17(16)26-2)10-11-21-18(24)13-27-20-22-19(23-28-20)15-6-4-3-5-7-15/h3-9,12H,10-11,13H2,1-2H3,(H,21,24). The highest BCUT2D eigenvalue weighted by molar-refractivity contribution is 8.01. The van der Waals surface area contributed by atoms with Crippen molar-refractivity contribution in [3.8, 4) is 22.9 Å². The molecule has 1 aromatic heterocycles. The molecule has 0 spiro atoms. The van der Waals surface area contributed by atoms with E-state index in [4.69, 9.17) is 9.47 Å². The van der Waals surface area contributed by atoms with Gasteiger partial charge in [0.05, 0.1) is 20.0 Å². The second-order valence-electron chi connectivity index (χ2n) is 5.83. The van der Waals surface area contributed by atoms with E-state index in [0.717, 1.165) is 15.5 Å². The van der Waals surface area contributed by atoms with Crippen LogP contribution in [0.25, 0.3) is 11.4 Å². The van der Waals surface area contributed by atoms with Crippen LogP contribution in [-0.2, 0) is 11.2 Å². The molecule has 1 heterocycles. The van der Waals surface area contributed by atoms with Gasteiger partial charge in [-0.25, -0.2) is 4.98 Å². The fraction of sp³-hybridized carbons (Fsp3) is 0.250. The van der Waals surface area contributed by atoms with Crippen molar-refractivity contribution in [1.82, 2.24) is 14.7 Å². The summed E-state index contributed by atoms with van der Waals surface area (Å²) >= 11 is 2.71. The van der Waals surface area contributed by atoms with Crippen LogP contribution >= 0.6 is 23.3 Å². The van der Waals surface area contributed by atoms with Crippen LogP contribution in [0.15, 0.2) is 52.9 Å². The number of amides is 1. The number of carbonyl (C=O) groups excluding carboxylic acids is 1. The van der Waals surface area contributed by atoms with Crippen LogP contribution in [-0.4, -0.2) is 41.8 Å². The number of nitrogens with zero attached hydrogens (tertiary/aromatic N) is 2. The molecule has 0 aliphatic heterocycles. The normalized spacial score (nSPS) is 10.5. The summed E-state index contributed by atoms with van der Waals surface area (Å²) in [7, 11) is 3.22. The molecule has 8 heteroatoms. The minimum absolute atomic E-state index is 0.0260. The largest absolute Gasteiger partial charge is 0.493 e. The molecule has 0 atom stereocenters. The highest BCUT2D eigenvalue weighted by atomic mass is 32.2. The second-order valence-corrected chi connectivity index (χ2v) is 7.80. The molecule has 2 aromatic carbocycles. The number of nitrogens with one attached hydrogen (secondary N) is 1. The van der Waals surface area contributed by atoms with E-state index in [1.165, 1.54) is 23.3 Å². The number of carbonyl (C=O) groups is 1. The predicted octanol–water partition coefficient (Wildman–Crippen LogP) is 3.67. The van der Waals surface area contributed by atoms with Crippen molar-refractivity contribution in [1.29, 1.82) is 0 Å². The maximum atomic E-state index is 12.1. The highest BCUT2D eigenvalue weighted by Crippen LogP contribution is 2.27. The molecule has 3 aromatic rings. The van der Waals surface area contributed by atoms with Crippen molar-refractivity contribution < 1.29 is 14.3 Å². The van der Waals surface area contributed by atoms with E-state index >= 15 is 0 Å². The van der Waals surface area contributed by atoms with Crippen molar-refractivity contribution in [2.24, 2.45) is 0 Å². The average Bonchev–Trinajstić information content (AvgIpc) is 3.22. The van der Waals surface area contributed by atoms with Crippen molar-refractivity contribution in [2.75, 3.05) is 26.5 Å². The van der Waals surface area contributed by atoms with Gasteiger partial charge in [0.1, 0.15) is 0 Å². The summed E-state index contributed by atoms with van der Waals surface area (Å²) in [5.41, 5.74) is 2.05. The molecule has 0 aliphatic carbocycles. The van der Waals surface area contributed by atoms with Crippen molar-refractivity contribution in [3.05, 3.63) is 54.1 Å². The molecule has 1 amide bonds. The Balaban J connectivity index is 1.43. The monoisotopic (exact) mass is 415 g/mol. The third-order valence-corrected chi connectivity index (χ3v) is 5.78. The Morgan fingerprint density at radius 1 is 1.11 bits per heavy atom. The molecule has 0 bridgehead atoms. The van der Waals surface area contributed by atoms with Crippen LogP contribution in [0.4, 0.5) is 0 Å². The molecule has 0 radical (unpaired) electrons. The second kappa shape index (κ2) is 10.1. The van der Waals surface area contributed by atoms with Gasteiger partial charge < -0.3 is 14.8 Å². The first-order valence-electron chi connectivity index (χ1n) is 8.69. The number of rotatable bonds is 9. The van der Waals surface area contributed by atoms with Crippen LogP contribution in [0.5, 0.6) is 11.5 Å². The molecule has 1 N–H and O–H groups in total. The predicted molar refractivity (Wildman–Crippen MR) is 112 cm³/mol. The van der Waals surface area contributed by atoms with E-state index in [0.29, 0.717) is 36.0 Å². The highest BCUT2D eigenvalue weighted by Gasteiger charge is 2.10. The molecular formula is C20H21N3O3S2. The summed E-state index contributed by atoms with van der Waals surface area (Å²) in [6, 6.07) is 15.6. The quantitative estimate of drug-likeness (QED) is 0.538. The van der Waals surface area contributed by atoms with Crippen molar-refractivity contribution in [2.45, 2.75) is 10.8 Å². The van der Waals surface area contributed by atoms with Gasteiger partial charge >= 0.3 is 0 Å². The molecule has 0 aliphatic rings. The fourth-order valence-electron chi connectivity index (χ4n) is 2.53. The first-order chi connectivity index (χ1) is 13.7. The lowest BCUT2D eigenvalue weighted by molar-refractivity contribution is -0.118. The van der Waals surface area contributed by atoms with E-state index in [2.05, 4.69) is 14.7 Å². The van der Waals surface area contributed by atoms with Crippen LogP contribution in [0.1, 0.15) is 5.56 Å². The first-order valence-corrected chi connectivity index (χ1v) is 10.4. The maximum absolute atomic E-state index is 12.1. The molecule has 0 saturated heterocycles. The van der Waals surface area contributed by atoms with Crippen LogP contribution in [0.3, 0.4) is 0 Å². The number of ether oxygens (including phenoxy) is 2. The third kappa shape index (κ3) is 5.46. The average molecular weight is 416 g/mol. The topological polar surface area (TPSA) is 73.3 Å². The van der Waals surface area contributed by atoms with Gasteiger partial charge in [-0.15, -0.1) is 0 Å². The third-order valence-electron chi connectivity index (χ3n) is 3.95. The molecule has 0 unspecified atom stereocenters. The van der Waals surface area contributed by atoms with E-state index in [9.17, 15) is 4.79 Å². The van der Waals surface area contributed by atoms with Crippen LogP contribution in [0.2, 0.25) is 0 Å². The van der Waals surface area contributed by atoms with Gasteiger partial charge in [0.25, 0.3) is 0 Å². The Hall–Kier alpha value is -2.58. The Labute approximate surface area is 172 Å². The maximum Gasteiger partial charge on any atom is 0.230 e. The number of benzene rings is 2. The lowest BCUT2D eigenvalue weighted by Crippen LogP contribution is -2.27. The van der Waals surface area contributed by atoms with Gasteiger partial charge in [0.2, 0.25) is 5.91 Å². The fourth-order valence-corrected chi connectivity index (χ4v) is 3.98. The lowest BCUT2D eigenvalue weighted by Gasteiger charge is -2.10. The zero-order valence-corrected chi connectivity index (χ0v) is 17.3. The van der Waals surface area contributed by atoms with E-state index in [1.54, 1.807) is 14.2 Å². The van der Waals surface area contributed by atoms with Gasteiger partial charge in [0.15, 0.2) is 21.7 Å². The van der Waals surface area contributed by atoms with Crippen molar-refractivity contribution in [3.63, 3.8) is 0 Å². The summed E-state index contributed by atoms with van der Waals surface area (Å²) in [6.45, 7) is 0.556. The van der Waals surface area contributed by atoms with Gasteiger partial charge in [-0.2, -0.15) is 4.37 Å². The molecule has 146 valence electrons. The summed E-state index contributed by atoms with van der Waals surface area (Å²) in [4.78, 5) is 16.6. The summed E-state index contributed by atoms with van der Waals surface area (Å²) < 4.78 is 15.7. The molecule has 0 fully saturated rings. The Kier molecular flexibility index (Phi) is 7.27. The zero-order valence-electron chi connectivity index (χ0n) is 15.7. The van der Waals surface area contributed by atoms with Gasteiger partial charge in [-0.05, 0) is 35.6 Å². The first kappa shape index (κ1) is 20.2. The summed E-state index contributed by atoms with van der Waals surface area (Å²) in [5.74, 6) is 2.37. The van der Waals surface area contributed by atoms with E-state index in [-0.39, 0.29) is 5.91 Å². The van der Waals surface area contributed by atoms with Gasteiger partial charge in [-0.1, -0.05) is 48.2 Å². The molecule has 0 saturated carbocycles. The minimum Gasteiger partial charge on any atom is -0.493 e. The van der Waals surface area contributed by atoms with Crippen LogP contribution < -0.4 is 14.8 Å². The minimum atomic E-state index is -0.0260. The number of aromatic nitrogens is 2.